The topological polar surface area (TPSA) is 63.8 Å². The highest BCUT2D eigenvalue weighted by molar-refractivity contribution is 6.78. The lowest BCUT2D eigenvalue weighted by Gasteiger charge is -2.44. The Bertz CT molecular complexity index is 1360. The number of aromatic hydroxyl groups is 2. The second kappa shape index (κ2) is 9.26. The van der Waals surface area contributed by atoms with Gasteiger partial charge in [0.1, 0.15) is 17.1 Å². The zero-order valence-electron chi connectivity index (χ0n) is 23.9. The Morgan fingerprint density at radius 2 is 1.55 bits per heavy atom. The van der Waals surface area contributed by atoms with Gasteiger partial charge in [-0.1, -0.05) is 71.9 Å². The molecule has 2 N–H and O–H groups in total. The second-order valence-corrected chi connectivity index (χ2v) is 17.6. The van der Waals surface area contributed by atoms with Gasteiger partial charge in [-0.15, -0.1) is 0 Å². The van der Waals surface area contributed by atoms with Crippen LogP contribution in [0.25, 0.3) is 5.69 Å². The molecule has 2 heterocycles. The number of fused-ring (bicyclic) bond motifs is 5. The molecule has 0 saturated carbocycles. The summed E-state index contributed by atoms with van der Waals surface area (Å²) in [7, 11) is -2.14. The third kappa shape index (κ3) is 3.87. The van der Waals surface area contributed by atoms with Crippen molar-refractivity contribution in [2.24, 2.45) is 0 Å². The van der Waals surface area contributed by atoms with Crippen molar-refractivity contribution in [1.29, 1.82) is 0 Å². The van der Waals surface area contributed by atoms with Gasteiger partial charge in [0.2, 0.25) is 11.8 Å². The minimum Gasteiger partial charge on any atom is -0.543 e. The zero-order valence-corrected chi connectivity index (χ0v) is 24.9. The van der Waals surface area contributed by atoms with Crippen molar-refractivity contribution in [1.82, 2.24) is 4.57 Å². The van der Waals surface area contributed by atoms with E-state index in [0.717, 1.165) is 39.4 Å². The summed E-state index contributed by atoms with van der Waals surface area (Å²) in [6.45, 7) is 17.9. The van der Waals surface area contributed by atoms with E-state index in [2.05, 4.69) is 73.6 Å². The first kappa shape index (κ1) is 26.5. The van der Waals surface area contributed by atoms with Crippen LogP contribution < -0.4 is 9.16 Å². The molecule has 5 nitrogen and oxygen atoms in total. The molecule has 2 aliphatic rings. The Labute approximate surface area is 227 Å². The molecule has 0 unspecified atom stereocenters. The summed E-state index contributed by atoms with van der Waals surface area (Å²) in [6.07, 6.45) is 2.69. The summed E-state index contributed by atoms with van der Waals surface area (Å²) in [5, 5.41) is 22.8. The van der Waals surface area contributed by atoms with Crippen molar-refractivity contribution >= 4 is 8.32 Å². The Kier molecular flexibility index (Phi) is 6.45. The summed E-state index contributed by atoms with van der Waals surface area (Å²) in [6, 6.07) is 15.7. The Balaban J connectivity index is 1.64. The van der Waals surface area contributed by atoms with E-state index >= 15 is 0 Å². The monoisotopic (exact) mass is 531 g/mol. The quantitative estimate of drug-likeness (QED) is 0.248. The summed E-state index contributed by atoms with van der Waals surface area (Å²) in [4.78, 5) is 0. The molecule has 0 bridgehead atoms. The van der Waals surface area contributed by atoms with Crippen LogP contribution in [0.2, 0.25) is 16.6 Å². The van der Waals surface area contributed by atoms with E-state index in [-0.39, 0.29) is 17.7 Å². The van der Waals surface area contributed by atoms with Gasteiger partial charge in [-0.05, 0) is 60.7 Å². The highest BCUT2D eigenvalue weighted by atomic mass is 28.4. The SMILES string of the molecule is CC(C)[Si](Oc1ccc2c(c1)OC(C)(C)C1=CCc3c(c(O)n(-c4ccccc4)c3O)[C@H]12)(C(C)C)C(C)C. The third-order valence-corrected chi connectivity index (χ3v) is 14.8. The van der Waals surface area contributed by atoms with Crippen LogP contribution >= 0.6 is 0 Å². The van der Waals surface area contributed by atoms with Crippen LogP contribution in [-0.4, -0.2) is 28.7 Å². The molecule has 3 aromatic rings. The van der Waals surface area contributed by atoms with Crippen LogP contribution in [-0.2, 0) is 6.42 Å². The third-order valence-electron chi connectivity index (χ3n) is 8.76. The summed E-state index contributed by atoms with van der Waals surface area (Å²) >= 11 is 0. The second-order valence-electron chi connectivity index (χ2n) is 12.2. The molecule has 1 aromatic heterocycles. The average molecular weight is 532 g/mol. The summed E-state index contributed by atoms with van der Waals surface area (Å²) in [5.41, 5.74) is 5.13. The van der Waals surface area contributed by atoms with Crippen molar-refractivity contribution in [3.05, 3.63) is 76.9 Å². The van der Waals surface area contributed by atoms with Gasteiger partial charge in [-0.25, -0.2) is 0 Å². The maximum Gasteiger partial charge on any atom is 0.258 e. The van der Waals surface area contributed by atoms with Crippen molar-refractivity contribution in [2.75, 3.05) is 0 Å². The average Bonchev–Trinajstić information content (AvgIpc) is 3.11. The van der Waals surface area contributed by atoms with E-state index in [4.69, 9.17) is 9.16 Å². The van der Waals surface area contributed by atoms with Crippen molar-refractivity contribution in [3.8, 4) is 28.9 Å². The first-order chi connectivity index (χ1) is 17.9. The van der Waals surface area contributed by atoms with Crippen LogP contribution in [0.1, 0.15) is 78.0 Å². The molecule has 0 amide bonds. The number of rotatable bonds is 6. The van der Waals surface area contributed by atoms with Crippen LogP contribution in [0, 0.1) is 0 Å². The van der Waals surface area contributed by atoms with E-state index in [9.17, 15) is 10.2 Å². The minimum atomic E-state index is -2.14. The molecule has 6 heteroatoms. The Hall–Kier alpha value is -3.12. The lowest BCUT2D eigenvalue weighted by atomic mass is 9.71. The van der Waals surface area contributed by atoms with Crippen LogP contribution in [0.15, 0.2) is 60.2 Å². The van der Waals surface area contributed by atoms with Gasteiger partial charge in [-0.2, -0.15) is 0 Å². The van der Waals surface area contributed by atoms with Crippen molar-refractivity contribution in [3.63, 3.8) is 0 Å². The van der Waals surface area contributed by atoms with Gasteiger partial charge >= 0.3 is 0 Å². The number of hydrogen-bond acceptors (Lipinski definition) is 4. The van der Waals surface area contributed by atoms with Crippen LogP contribution in [0.5, 0.6) is 23.3 Å². The van der Waals surface area contributed by atoms with Crippen LogP contribution in [0.3, 0.4) is 0 Å². The fourth-order valence-electron chi connectivity index (χ4n) is 7.14. The van der Waals surface area contributed by atoms with E-state index in [1.54, 1.807) is 4.57 Å². The largest absolute Gasteiger partial charge is 0.543 e. The number of hydrogen-bond donors (Lipinski definition) is 2. The van der Waals surface area contributed by atoms with Gasteiger partial charge in [-0.3, -0.25) is 4.57 Å². The van der Waals surface area contributed by atoms with E-state index in [0.29, 0.717) is 23.0 Å². The molecule has 0 saturated heterocycles. The molecule has 0 spiro atoms. The first-order valence-electron chi connectivity index (χ1n) is 13.8. The van der Waals surface area contributed by atoms with Gasteiger partial charge in [0.05, 0.1) is 5.69 Å². The van der Waals surface area contributed by atoms with E-state index in [1.807, 2.05) is 36.4 Å². The molecule has 2 aromatic carbocycles. The summed E-state index contributed by atoms with van der Waals surface area (Å²) < 4.78 is 15.2. The molecule has 5 rings (SSSR count). The first-order valence-corrected chi connectivity index (χ1v) is 16.0. The number of ether oxygens (including phenoxy) is 1. The lowest BCUT2D eigenvalue weighted by molar-refractivity contribution is 0.127. The smallest absolute Gasteiger partial charge is 0.258 e. The molecular weight excluding hydrogens is 490 g/mol. The number of nitrogens with zero attached hydrogens (tertiary/aromatic N) is 1. The molecule has 1 atom stereocenters. The van der Waals surface area contributed by atoms with Crippen molar-refractivity contribution in [2.45, 2.75) is 90.0 Å². The highest BCUT2D eigenvalue weighted by Gasteiger charge is 2.48. The predicted molar refractivity (Wildman–Crippen MR) is 156 cm³/mol. The predicted octanol–water partition coefficient (Wildman–Crippen LogP) is 8.23. The zero-order chi connectivity index (χ0) is 27.6. The molecule has 0 radical (unpaired) electrons. The van der Waals surface area contributed by atoms with E-state index in [1.165, 1.54) is 0 Å². The number of aromatic nitrogens is 1. The number of benzene rings is 2. The maximum atomic E-state index is 11.6. The minimum absolute atomic E-state index is 0.0779. The Morgan fingerprint density at radius 1 is 0.921 bits per heavy atom. The molecule has 202 valence electrons. The number of allylic oxidation sites excluding steroid dienone is 1. The van der Waals surface area contributed by atoms with E-state index < -0.39 is 13.9 Å². The molecular formula is C32H41NO4Si. The lowest BCUT2D eigenvalue weighted by Crippen LogP contribution is -2.50. The Morgan fingerprint density at radius 3 is 2.16 bits per heavy atom. The van der Waals surface area contributed by atoms with Crippen molar-refractivity contribution < 1.29 is 19.4 Å². The standard InChI is InChI=1S/C32H41NO4Si/c1-19(2)38(20(3)4,21(5)6)37-23-14-15-24-27(18-23)36-32(7,8)26-17-16-25-29(28(24)26)31(35)33(30(25)34)22-12-10-9-11-13-22/h9-15,17-21,28,34-35H,16H2,1-8H3/t28-/m0/s1. The van der Waals surface area contributed by atoms with Gasteiger partial charge in [0, 0.05) is 28.7 Å². The maximum absolute atomic E-state index is 11.6. The molecule has 0 fully saturated rings. The summed E-state index contributed by atoms with van der Waals surface area (Å²) in [5.74, 6) is 1.57. The molecule has 1 aliphatic heterocycles. The normalized spacial score (nSPS) is 18.1. The molecule has 38 heavy (non-hydrogen) atoms. The van der Waals surface area contributed by atoms with Gasteiger partial charge in [0.25, 0.3) is 8.32 Å². The fourth-order valence-corrected chi connectivity index (χ4v) is 12.4. The number of para-hydroxylation sites is 1. The highest BCUT2D eigenvalue weighted by Crippen LogP contribution is 2.56. The van der Waals surface area contributed by atoms with Gasteiger partial charge in [0.15, 0.2) is 0 Å². The molecule has 1 aliphatic carbocycles. The van der Waals surface area contributed by atoms with Gasteiger partial charge < -0.3 is 19.4 Å². The van der Waals surface area contributed by atoms with Crippen LogP contribution in [0.4, 0.5) is 0 Å². The fraction of sp³-hybridized carbons (Fsp3) is 0.438.